The topological polar surface area (TPSA) is 76.0 Å². The fraction of sp³-hybridized carbons (Fsp3) is 0.300. The third kappa shape index (κ3) is 3.92. The zero-order valence-electron chi connectivity index (χ0n) is 8.92. The Kier molecular flexibility index (Phi) is 4.82. The summed E-state index contributed by atoms with van der Waals surface area (Å²) in [6.45, 7) is 1.82. The largest absolute Gasteiger partial charge is 0.488 e. The number of benzene rings is 1. The van der Waals surface area contributed by atoms with E-state index >= 15 is 0 Å². The number of carbonyl (C=O) groups excluding carboxylic acids is 1. The summed E-state index contributed by atoms with van der Waals surface area (Å²) in [5, 5.41) is 17.8. The Labute approximate surface area is 93.8 Å². The van der Waals surface area contributed by atoms with Gasteiger partial charge in [-0.15, -0.1) is 0 Å². The number of carbonyl (C=O) groups is 1. The van der Waals surface area contributed by atoms with Gasteiger partial charge in [0.2, 0.25) is 0 Å². The van der Waals surface area contributed by atoms with Crippen LogP contribution in [-0.2, 0) is 9.53 Å². The molecule has 5 nitrogen and oxygen atoms in total. The lowest BCUT2D eigenvalue weighted by Gasteiger charge is -2.07. The van der Waals surface area contributed by atoms with Crippen LogP contribution in [0.1, 0.15) is 6.92 Å². The van der Waals surface area contributed by atoms with Crippen molar-refractivity contribution in [3.8, 4) is 5.75 Å². The van der Waals surface area contributed by atoms with E-state index in [2.05, 4.69) is 4.74 Å². The van der Waals surface area contributed by atoms with Crippen LogP contribution in [0.3, 0.4) is 0 Å². The normalized spacial score (nSPS) is 9.69. The molecule has 0 saturated carbocycles. The van der Waals surface area contributed by atoms with Gasteiger partial charge in [-0.1, -0.05) is 12.1 Å². The molecule has 0 spiro atoms. The molecule has 0 atom stereocenters. The Morgan fingerprint density at radius 3 is 2.81 bits per heavy atom. The molecule has 0 amide bonds. The average molecular weight is 224 g/mol. The second kappa shape index (κ2) is 6.14. The van der Waals surface area contributed by atoms with E-state index in [1.54, 1.807) is 25.1 Å². The first-order valence-corrected chi connectivity index (χ1v) is 4.88. The van der Waals surface area contributed by atoms with Crippen LogP contribution in [-0.4, -0.2) is 36.3 Å². The first-order chi connectivity index (χ1) is 7.63. The lowest BCUT2D eigenvalue weighted by atomic mass is 9.80. The standard InChI is InChI=1S/C10H13BO5/c1-2-15-10(12)7-16-9-5-3-4-8(6-9)11(13)14/h3-6,13-14H,2,7H2,1H3. The molecule has 0 fully saturated rings. The van der Waals surface area contributed by atoms with Gasteiger partial charge in [-0.05, 0) is 24.5 Å². The second-order valence-electron chi connectivity index (χ2n) is 3.04. The Balaban J connectivity index is 2.54. The Hall–Kier alpha value is -1.53. The van der Waals surface area contributed by atoms with Gasteiger partial charge < -0.3 is 19.5 Å². The molecule has 0 aliphatic carbocycles. The van der Waals surface area contributed by atoms with Crippen molar-refractivity contribution >= 4 is 18.6 Å². The zero-order valence-corrected chi connectivity index (χ0v) is 8.92. The first kappa shape index (κ1) is 12.5. The predicted molar refractivity (Wildman–Crippen MR) is 58.4 cm³/mol. The average Bonchev–Trinajstić information content (AvgIpc) is 2.27. The van der Waals surface area contributed by atoms with Crippen molar-refractivity contribution in [3.63, 3.8) is 0 Å². The molecule has 6 heteroatoms. The van der Waals surface area contributed by atoms with Crippen LogP contribution in [0.5, 0.6) is 5.75 Å². The Morgan fingerprint density at radius 1 is 1.44 bits per heavy atom. The minimum atomic E-state index is -1.55. The lowest BCUT2D eigenvalue weighted by molar-refractivity contribution is -0.145. The van der Waals surface area contributed by atoms with Gasteiger partial charge in [-0.2, -0.15) is 0 Å². The maximum atomic E-state index is 11.0. The summed E-state index contributed by atoms with van der Waals surface area (Å²) in [5.74, 6) is -0.0731. The van der Waals surface area contributed by atoms with Crippen LogP contribution in [0.15, 0.2) is 24.3 Å². The van der Waals surface area contributed by atoms with E-state index in [1.165, 1.54) is 6.07 Å². The third-order valence-electron chi connectivity index (χ3n) is 1.82. The van der Waals surface area contributed by atoms with Crippen molar-refractivity contribution in [1.82, 2.24) is 0 Å². The van der Waals surface area contributed by atoms with E-state index in [0.717, 1.165) is 0 Å². The molecule has 1 aromatic rings. The highest BCUT2D eigenvalue weighted by Gasteiger charge is 2.11. The van der Waals surface area contributed by atoms with Crippen molar-refractivity contribution in [2.24, 2.45) is 0 Å². The van der Waals surface area contributed by atoms with Gasteiger partial charge in [0.1, 0.15) is 5.75 Å². The van der Waals surface area contributed by atoms with Crippen LogP contribution >= 0.6 is 0 Å². The van der Waals surface area contributed by atoms with Crippen molar-refractivity contribution < 1.29 is 24.3 Å². The Bertz CT molecular complexity index is 353. The van der Waals surface area contributed by atoms with Crippen LogP contribution in [0.2, 0.25) is 0 Å². The number of esters is 1. The molecule has 0 unspecified atom stereocenters. The minimum Gasteiger partial charge on any atom is -0.482 e. The maximum Gasteiger partial charge on any atom is 0.488 e. The van der Waals surface area contributed by atoms with E-state index in [0.29, 0.717) is 17.8 Å². The van der Waals surface area contributed by atoms with Crippen LogP contribution in [0.25, 0.3) is 0 Å². The molecule has 0 radical (unpaired) electrons. The molecule has 0 heterocycles. The maximum absolute atomic E-state index is 11.0. The first-order valence-electron chi connectivity index (χ1n) is 4.88. The highest BCUT2D eigenvalue weighted by molar-refractivity contribution is 6.58. The molecule has 1 rings (SSSR count). The monoisotopic (exact) mass is 224 g/mol. The molecular weight excluding hydrogens is 211 g/mol. The fourth-order valence-electron chi connectivity index (χ4n) is 1.11. The molecule has 2 N–H and O–H groups in total. The summed E-state index contributed by atoms with van der Waals surface area (Å²) in [7, 11) is -1.55. The molecule has 0 aliphatic heterocycles. The van der Waals surface area contributed by atoms with E-state index < -0.39 is 13.1 Å². The van der Waals surface area contributed by atoms with Crippen molar-refractivity contribution in [2.45, 2.75) is 6.92 Å². The van der Waals surface area contributed by atoms with E-state index in [1.807, 2.05) is 0 Å². The predicted octanol–water partition coefficient (Wildman–Crippen LogP) is -0.692. The van der Waals surface area contributed by atoms with Gasteiger partial charge in [0.05, 0.1) is 6.61 Å². The van der Waals surface area contributed by atoms with Crippen molar-refractivity contribution in [1.29, 1.82) is 0 Å². The number of hydrogen-bond donors (Lipinski definition) is 2. The van der Waals surface area contributed by atoms with Gasteiger partial charge in [0.15, 0.2) is 6.61 Å². The molecule has 0 aliphatic rings. The highest BCUT2D eigenvalue weighted by Crippen LogP contribution is 2.07. The SMILES string of the molecule is CCOC(=O)COc1cccc(B(O)O)c1. The van der Waals surface area contributed by atoms with E-state index in [-0.39, 0.29) is 6.61 Å². The van der Waals surface area contributed by atoms with Crippen molar-refractivity contribution in [2.75, 3.05) is 13.2 Å². The zero-order chi connectivity index (χ0) is 12.0. The number of ether oxygens (including phenoxy) is 2. The van der Waals surface area contributed by atoms with Gasteiger partial charge >= 0.3 is 13.1 Å². The lowest BCUT2D eigenvalue weighted by Crippen LogP contribution is -2.29. The quantitative estimate of drug-likeness (QED) is 0.511. The number of rotatable bonds is 5. The summed E-state index contributed by atoms with van der Waals surface area (Å²) in [4.78, 5) is 11.0. The van der Waals surface area contributed by atoms with Gasteiger partial charge in [-0.3, -0.25) is 0 Å². The van der Waals surface area contributed by atoms with E-state index in [9.17, 15) is 4.79 Å². The second-order valence-corrected chi connectivity index (χ2v) is 3.04. The smallest absolute Gasteiger partial charge is 0.482 e. The molecule has 16 heavy (non-hydrogen) atoms. The summed E-state index contributed by atoms with van der Waals surface area (Å²) in [6.07, 6.45) is 0. The van der Waals surface area contributed by atoms with Crippen LogP contribution in [0.4, 0.5) is 0 Å². The van der Waals surface area contributed by atoms with E-state index in [4.69, 9.17) is 14.8 Å². The fourth-order valence-corrected chi connectivity index (χ4v) is 1.11. The summed E-state index contributed by atoms with van der Waals surface area (Å²) in [6, 6.07) is 6.21. The third-order valence-corrected chi connectivity index (χ3v) is 1.82. The minimum absolute atomic E-state index is 0.196. The van der Waals surface area contributed by atoms with Gasteiger partial charge in [-0.25, -0.2) is 4.79 Å². The molecule has 1 aromatic carbocycles. The van der Waals surface area contributed by atoms with Gasteiger partial charge in [0.25, 0.3) is 0 Å². The summed E-state index contributed by atoms with van der Waals surface area (Å²) < 4.78 is 9.79. The molecule has 86 valence electrons. The Morgan fingerprint density at radius 2 is 2.19 bits per heavy atom. The number of hydrogen-bond acceptors (Lipinski definition) is 5. The highest BCUT2D eigenvalue weighted by atomic mass is 16.6. The molecule has 0 bridgehead atoms. The molecule has 0 saturated heterocycles. The van der Waals surface area contributed by atoms with Crippen LogP contribution in [0, 0.1) is 0 Å². The molecular formula is C10H13BO5. The van der Waals surface area contributed by atoms with Crippen LogP contribution < -0.4 is 10.2 Å². The molecule has 0 aromatic heterocycles. The summed E-state index contributed by atoms with van der Waals surface area (Å²) >= 11 is 0. The van der Waals surface area contributed by atoms with Gasteiger partial charge in [0, 0.05) is 0 Å². The van der Waals surface area contributed by atoms with Crippen molar-refractivity contribution in [3.05, 3.63) is 24.3 Å². The summed E-state index contributed by atoms with van der Waals surface area (Å²) in [5.41, 5.74) is 0.307.